The van der Waals surface area contributed by atoms with Gasteiger partial charge in [0.1, 0.15) is 0 Å². The second kappa shape index (κ2) is 5.25. The number of hydrogen-bond acceptors (Lipinski definition) is 2. The van der Waals surface area contributed by atoms with Gasteiger partial charge in [0.25, 0.3) is 0 Å². The zero-order chi connectivity index (χ0) is 14.2. The van der Waals surface area contributed by atoms with Crippen LogP contribution in [0.3, 0.4) is 0 Å². The van der Waals surface area contributed by atoms with Crippen LogP contribution in [0.4, 0.5) is 0 Å². The summed E-state index contributed by atoms with van der Waals surface area (Å²) in [5.41, 5.74) is 2.83. The van der Waals surface area contributed by atoms with Crippen molar-refractivity contribution in [1.82, 2.24) is 4.31 Å². The largest absolute Gasteiger partial charge is 0.243 e. The highest BCUT2D eigenvalue weighted by molar-refractivity contribution is 7.89. The van der Waals surface area contributed by atoms with E-state index in [1.165, 1.54) is 0 Å². The second-order valence-electron chi connectivity index (χ2n) is 5.81. The Labute approximate surface area is 116 Å². The maximum Gasteiger partial charge on any atom is 0.243 e. The van der Waals surface area contributed by atoms with Gasteiger partial charge in [0.15, 0.2) is 0 Å². The molecule has 1 aromatic carbocycles. The van der Waals surface area contributed by atoms with Crippen LogP contribution in [0.5, 0.6) is 0 Å². The fourth-order valence-electron chi connectivity index (χ4n) is 2.93. The molecule has 106 valence electrons. The van der Waals surface area contributed by atoms with Crippen LogP contribution in [-0.2, 0) is 10.0 Å². The Hall–Kier alpha value is -0.870. The van der Waals surface area contributed by atoms with E-state index in [1.54, 1.807) is 4.31 Å². The fourth-order valence-corrected chi connectivity index (χ4v) is 4.81. The maximum absolute atomic E-state index is 12.8. The van der Waals surface area contributed by atoms with E-state index in [4.69, 9.17) is 0 Å². The number of hydrogen-bond donors (Lipinski definition) is 0. The number of benzene rings is 1. The van der Waals surface area contributed by atoms with Gasteiger partial charge < -0.3 is 0 Å². The van der Waals surface area contributed by atoms with Crippen LogP contribution in [0, 0.1) is 26.7 Å². The van der Waals surface area contributed by atoms with Crippen molar-refractivity contribution >= 4 is 10.0 Å². The molecular weight excluding hydrogens is 258 g/mol. The summed E-state index contributed by atoms with van der Waals surface area (Å²) in [6.45, 7) is 9.26. The summed E-state index contributed by atoms with van der Waals surface area (Å²) < 4.78 is 27.2. The topological polar surface area (TPSA) is 37.4 Å². The zero-order valence-electron chi connectivity index (χ0n) is 12.2. The predicted molar refractivity (Wildman–Crippen MR) is 77.8 cm³/mol. The number of aryl methyl sites for hydroxylation is 3. The van der Waals surface area contributed by atoms with Gasteiger partial charge >= 0.3 is 0 Å². The molecule has 19 heavy (non-hydrogen) atoms. The van der Waals surface area contributed by atoms with Gasteiger partial charge in [-0.05, 0) is 50.7 Å². The van der Waals surface area contributed by atoms with Gasteiger partial charge in [0.05, 0.1) is 4.90 Å². The van der Waals surface area contributed by atoms with Gasteiger partial charge in [-0.2, -0.15) is 4.31 Å². The first-order valence-electron chi connectivity index (χ1n) is 6.90. The molecule has 2 rings (SSSR count). The van der Waals surface area contributed by atoms with Gasteiger partial charge in [0.2, 0.25) is 10.0 Å². The molecule has 0 atom stereocenters. The summed E-state index contributed by atoms with van der Waals surface area (Å²) >= 11 is 0. The third-order valence-electron chi connectivity index (χ3n) is 3.95. The maximum atomic E-state index is 12.8. The van der Waals surface area contributed by atoms with E-state index in [1.807, 2.05) is 32.9 Å². The Bertz CT molecular complexity index is 547. The van der Waals surface area contributed by atoms with Crippen LogP contribution in [0.15, 0.2) is 17.0 Å². The van der Waals surface area contributed by atoms with Gasteiger partial charge in [-0.3, -0.25) is 0 Å². The van der Waals surface area contributed by atoms with Gasteiger partial charge in [-0.25, -0.2) is 8.42 Å². The van der Waals surface area contributed by atoms with Crippen molar-refractivity contribution in [3.8, 4) is 0 Å². The minimum absolute atomic E-state index is 0.507. The first kappa shape index (κ1) is 14.5. The van der Waals surface area contributed by atoms with Crippen molar-refractivity contribution in [2.24, 2.45) is 5.92 Å². The van der Waals surface area contributed by atoms with E-state index < -0.39 is 10.0 Å². The third kappa shape index (κ3) is 2.84. The Morgan fingerprint density at radius 1 is 1.05 bits per heavy atom. The first-order chi connectivity index (χ1) is 8.82. The van der Waals surface area contributed by atoms with Gasteiger partial charge in [0, 0.05) is 13.1 Å². The lowest BCUT2D eigenvalue weighted by Crippen LogP contribution is -2.38. The Kier molecular flexibility index (Phi) is 4.02. The molecule has 0 amide bonds. The summed E-state index contributed by atoms with van der Waals surface area (Å²) in [6.07, 6.45) is 1.92. The molecule has 1 aliphatic rings. The first-order valence-corrected chi connectivity index (χ1v) is 8.34. The van der Waals surface area contributed by atoms with E-state index >= 15 is 0 Å². The van der Waals surface area contributed by atoms with Gasteiger partial charge in [-0.15, -0.1) is 0 Å². The van der Waals surface area contributed by atoms with Crippen LogP contribution in [0.25, 0.3) is 0 Å². The van der Waals surface area contributed by atoms with Crippen LogP contribution < -0.4 is 0 Å². The SMILES string of the molecule is Cc1cc(C)c(S(=O)(=O)N2CCC(C)CC2)c(C)c1. The average Bonchev–Trinajstić information content (AvgIpc) is 2.27. The Morgan fingerprint density at radius 2 is 1.53 bits per heavy atom. The highest BCUT2D eigenvalue weighted by Gasteiger charge is 2.30. The van der Waals surface area contributed by atoms with Crippen LogP contribution in [0.2, 0.25) is 0 Å². The number of rotatable bonds is 2. The molecule has 0 N–H and O–H groups in total. The molecule has 4 heteroatoms. The van der Waals surface area contributed by atoms with E-state index in [2.05, 4.69) is 6.92 Å². The lowest BCUT2D eigenvalue weighted by atomic mass is 10.0. The van der Waals surface area contributed by atoms with Crippen molar-refractivity contribution in [3.63, 3.8) is 0 Å². The number of sulfonamides is 1. The summed E-state index contributed by atoms with van der Waals surface area (Å²) in [5.74, 6) is 0.631. The lowest BCUT2D eigenvalue weighted by molar-refractivity contribution is 0.288. The molecule has 0 bridgehead atoms. The number of piperidine rings is 1. The van der Waals surface area contributed by atoms with E-state index in [9.17, 15) is 8.42 Å². The molecular formula is C15H23NO2S. The van der Waals surface area contributed by atoms with Crippen LogP contribution >= 0.6 is 0 Å². The molecule has 0 aliphatic carbocycles. The molecule has 0 spiro atoms. The molecule has 1 fully saturated rings. The van der Waals surface area contributed by atoms with Crippen molar-refractivity contribution in [3.05, 3.63) is 28.8 Å². The van der Waals surface area contributed by atoms with Crippen LogP contribution in [0.1, 0.15) is 36.5 Å². The number of nitrogens with zero attached hydrogens (tertiary/aromatic N) is 1. The fraction of sp³-hybridized carbons (Fsp3) is 0.600. The Morgan fingerprint density at radius 3 is 2.00 bits per heavy atom. The molecule has 1 saturated heterocycles. The second-order valence-corrected chi connectivity index (χ2v) is 7.69. The molecule has 0 radical (unpaired) electrons. The molecule has 1 aliphatic heterocycles. The van der Waals surface area contributed by atoms with E-state index in [-0.39, 0.29) is 0 Å². The van der Waals surface area contributed by atoms with Crippen molar-refractivity contribution in [1.29, 1.82) is 0 Å². The minimum atomic E-state index is -3.33. The van der Waals surface area contributed by atoms with Crippen LogP contribution in [-0.4, -0.2) is 25.8 Å². The Balaban J connectivity index is 2.40. The highest BCUT2D eigenvalue weighted by atomic mass is 32.2. The summed E-state index contributed by atoms with van der Waals surface area (Å²) in [7, 11) is -3.33. The molecule has 1 heterocycles. The highest BCUT2D eigenvalue weighted by Crippen LogP contribution is 2.28. The zero-order valence-corrected chi connectivity index (χ0v) is 13.0. The van der Waals surface area contributed by atoms with Gasteiger partial charge in [-0.1, -0.05) is 24.6 Å². The van der Waals surface area contributed by atoms with Crippen molar-refractivity contribution < 1.29 is 8.42 Å². The van der Waals surface area contributed by atoms with Crippen molar-refractivity contribution in [2.45, 2.75) is 45.4 Å². The predicted octanol–water partition coefficient (Wildman–Crippen LogP) is 3.03. The molecule has 0 saturated carbocycles. The summed E-state index contributed by atoms with van der Waals surface area (Å²) in [6, 6.07) is 3.90. The summed E-state index contributed by atoms with van der Waals surface area (Å²) in [5, 5.41) is 0. The molecule has 0 unspecified atom stereocenters. The quantitative estimate of drug-likeness (QED) is 0.835. The van der Waals surface area contributed by atoms with E-state index in [0.717, 1.165) is 29.5 Å². The minimum Gasteiger partial charge on any atom is -0.207 e. The molecule has 0 aromatic heterocycles. The average molecular weight is 281 g/mol. The standard InChI is InChI=1S/C15H23NO2S/c1-11-5-7-16(8-6-11)19(17,18)15-13(3)9-12(2)10-14(15)4/h9-11H,5-8H2,1-4H3. The summed E-state index contributed by atoms with van der Waals surface area (Å²) in [4.78, 5) is 0.507. The monoisotopic (exact) mass is 281 g/mol. The molecule has 1 aromatic rings. The normalized spacial score (nSPS) is 18.7. The smallest absolute Gasteiger partial charge is 0.207 e. The van der Waals surface area contributed by atoms with E-state index in [0.29, 0.717) is 23.9 Å². The third-order valence-corrected chi connectivity index (χ3v) is 6.15. The van der Waals surface area contributed by atoms with Crippen molar-refractivity contribution in [2.75, 3.05) is 13.1 Å². The lowest BCUT2D eigenvalue weighted by Gasteiger charge is -2.30. The molecule has 3 nitrogen and oxygen atoms in total.